The second-order valence-corrected chi connectivity index (χ2v) is 19.1. The zero-order valence-electron chi connectivity index (χ0n) is 34.9. The van der Waals surface area contributed by atoms with Crippen LogP contribution in [0.1, 0.15) is 25.0 Å². The summed E-state index contributed by atoms with van der Waals surface area (Å²) in [6.07, 6.45) is 0. The van der Waals surface area contributed by atoms with Gasteiger partial charge in [0.25, 0.3) is 0 Å². The van der Waals surface area contributed by atoms with E-state index in [1.807, 2.05) is 11.3 Å². The number of thiophene rings is 1. The maximum Gasteiger partial charge on any atom is 0.0547 e. The van der Waals surface area contributed by atoms with Crippen LogP contribution in [-0.2, 0) is 5.41 Å². The molecule has 0 fully saturated rings. The Morgan fingerprint density at radius 2 is 0.905 bits per heavy atom. The minimum atomic E-state index is -0.0951. The van der Waals surface area contributed by atoms with Gasteiger partial charge < -0.3 is 4.57 Å². The molecule has 2 heteroatoms. The molecule has 0 unspecified atom stereocenters. The highest BCUT2D eigenvalue weighted by Crippen LogP contribution is 2.52. The zero-order chi connectivity index (χ0) is 41.6. The second kappa shape index (κ2) is 12.8. The number of hydrogen-bond donors (Lipinski definition) is 0. The van der Waals surface area contributed by atoms with Crippen LogP contribution in [-0.4, -0.2) is 4.57 Å². The molecule has 2 heterocycles. The van der Waals surface area contributed by atoms with Crippen molar-refractivity contribution in [2.45, 2.75) is 19.3 Å². The summed E-state index contributed by atoms with van der Waals surface area (Å²) in [4.78, 5) is 0. The van der Waals surface area contributed by atoms with Crippen molar-refractivity contribution in [2.75, 3.05) is 0 Å². The SMILES string of the molecule is CC1(C)c2ccccc2-c2cc3c(cc21)c1cc(-c2c4ccccc4c(-c4ccc5sc6cc7cc8ccccc8cc7cc6c5c4)c4ccccc24)ccc1n3-c1ccccc1. The third kappa shape index (κ3) is 4.93. The van der Waals surface area contributed by atoms with Crippen molar-refractivity contribution >= 4 is 96.4 Å². The summed E-state index contributed by atoms with van der Waals surface area (Å²) in [7, 11) is 0. The molecule has 0 aliphatic heterocycles. The van der Waals surface area contributed by atoms with E-state index in [4.69, 9.17) is 0 Å². The fourth-order valence-corrected chi connectivity index (χ4v) is 12.5. The van der Waals surface area contributed by atoms with Crippen molar-refractivity contribution in [1.82, 2.24) is 4.57 Å². The molecule has 1 aliphatic carbocycles. The highest BCUT2D eigenvalue weighted by Gasteiger charge is 2.36. The van der Waals surface area contributed by atoms with Gasteiger partial charge in [0.15, 0.2) is 0 Å². The molecule has 2 aromatic heterocycles. The van der Waals surface area contributed by atoms with Crippen LogP contribution in [0.25, 0.3) is 124 Å². The molecule has 0 saturated heterocycles. The number of benzene rings is 11. The highest BCUT2D eigenvalue weighted by molar-refractivity contribution is 7.25. The fraction of sp³-hybridized carbons (Fsp3) is 0.0492. The maximum absolute atomic E-state index is 2.50. The zero-order valence-corrected chi connectivity index (χ0v) is 35.7. The molecule has 0 spiro atoms. The quantitative estimate of drug-likeness (QED) is 0.157. The number of aromatic nitrogens is 1. The van der Waals surface area contributed by atoms with Gasteiger partial charge in [0.2, 0.25) is 0 Å². The van der Waals surface area contributed by atoms with E-state index in [9.17, 15) is 0 Å². The first kappa shape index (κ1) is 35.1. The van der Waals surface area contributed by atoms with E-state index >= 15 is 0 Å². The van der Waals surface area contributed by atoms with Crippen LogP contribution < -0.4 is 0 Å². The van der Waals surface area contributed by atoms with Gasteiger partial charge in [-0.05, 0) is 160 Å². The number of nitrogens with zero attached hydrogens (tertiary/aromatic N) is 1. The summed E-state index contributed by atoms with van der Waals surface area (Å²) in [5.74, 6) is 0. The Morgan fingerprint density at radius 1 is 0.349 bits per heavy atom. The third-order valence-electron chi connectivity index (χ3n) is 14.3. The number of para-hydroxylation sites is 1. The van der Waals surface area contributed by atoms with Crippen LogP contribution in [0.15, 0.2) is 200 Å². The summed E-state index contributed by atoms with van der Waals surface area (Å²) in [6, 6.07) is 75.5. The van der Waals surface area contributed by atoms with E-state index in [2.05, 4.69) is 219 Å². The molecule has 0 radical (unpaired) electrons. The molecule has 0 saturated carbocycles. The highest BCUT2D eigenvalue weighted by atomic mass is 32.1. The Labute approximate surface area is 368 Å². The van der Waals surface area contributed by atoms with Crippen molar-refractivity contribution in [3.05, 3.63) is 211 Å². The third-order valence-corrected chi connectivity index (χ3v) is 15.4. The minimum absolute atomic E-state index is 0.0951. The summed E-state index contributed by atoms with van der Waals surface area (Å²) in [6.45, 7) is 4.76. The van der Waals surface area contributed by atoms with E-state index in [-0.39, 0.29) is 5.41 Å². The lowest BCUT2D eigenvalue weighted by atomic mass is 9.82. The fourth-order valence-electron chi connectivity index (χ4n) is 11.3. The van der Waals surface area contributed by atoms with Crippen molar-refractivity contribution in [3.8, 4) is 39.1 Å². The van der Waals surface area contributed by atoms with Crippen molar-refractivity contribution in [1.29, 1.82) is 0 Å². The molecule has 14 rings (SSSR count). The Morgan fingerprint density at radius 3 is 1.60 bits per heavy atom. The van der Waals surface area contributed by atoms with Crippen LogP contribution in [0.3, 0.4) is 0 Å². The van der Waals surface area contributed by atoms with Crippen LogP contribution in [0, 0.1) is 0 Å². The number of rotatable bonds is 3. The molecule has 0 N–H and O–H groups in total. The Kier molecular flexibility index (Phi) is 7.12. The molecule has 294 valence electrons. The van der Waals surface area contributed by atoms with Gasteiger partial charge in [0, 0.05) is 42.0 Å². The van der Waals surface area contributed by atoms with Crippen molar-refractivity contribution in [2.24, 2.45) is 0 Å². The first-order chi connectivity index (χ1) is 31.0. The molecule has 0 amide bonds. The van der Waals surface area contributed by atoms with Crippen LogP contribution in [0.5, 0.6) is 0 Å². The van der Waals surface area contributed by atoms with Gasteiger partial charge in [-0.15, -0.1) is 11.3 Å². The monoisotopic (exact) mass is 817 g/mol. The smallest absolute Gasteiger partial charge is 0.0547 e. The van der Waals surface area contributed by atoms with Gasteiger partial charge in [-0.2, -0.15) is 0 Å². The molecule has 1 nitrogen and oxygen atoms in total. The topological polar surface area (TPSA) is 4.93 Å². The first-order valence-electron chi connectivity index (χ1n) is 22.0. The molecule has 13 aromatic rings. The van der Waals surface area contributed by atoms with Crippen molar-refractivity contribution in [3.63, 3.8) is 0 Å². The van der Waals surface area contributed by atoms with Crippen LogP contribution >= 0.6 is 11.3 Å². The van der Waals surface area contributed by atoms with E-state index in [1.54, 1.807) is 0 Å². The summed E-state index contributed by atoms with van der Waals surface area (Å²) in [5, 5.41) is 15.4. The Balaban J connectivity index is 1.01. The first-order valence-corrected chi connectivity index (χ1v) is 22.8. The molecule has 11 aromatic carbocycles. The van der Waals surface area contributed by atoms with Crippen molar-refractivity contribution < 1.29 is 0 Å². The van der Waals surface area contributed by atoms with Gasteiger partial charge in [-0.3, -0.25) is 0 Å². The Bertz CT molecular complexity index is 4050. The molecule has 0 bridgehead atoms. The van der Waals surface area contributed by atoms with Crippen LogP contribution in [0.2, 0.25) is 0 Å². The lowest BCUT2D eigenvalue weighted by Gasteiger charge is -2.21. The van der Waals surface area contributed by atoms with E-state index in [1.165, 1.54) is 135 Å². The van der Waals surface area contributed by atoms with Gasteiger partial charge in [0.1, 0.15) is 0 Å². The molecule has 0 atom stereocenters. The second-order valence-electron chi connectivity index (χ2n) is 18.0. The van der Waals surface area contributed by atoms with Crippen LogP contribution in [0.4, 0.5) is 0 Å². The van der Waals surface area contributed by atoms with E-state index in [0.717, 1.165) is 0 Å². The summed E-state index contributed by atoms with van der Waals surface area (Å²) in [5.41, 5.74) is 14.1. The minimum Gasteiger partial charge on any atom is -0.309 e. The van der Waals surface area contributed by atoms with Gasteiger partial charge in [0.05, 0.1) is 11.0 Å². The average molecular weight is 818 g/mol. The summed E-state index contributed by atoms with van der Waals surface area (Å²) < 4.78 is 5.12. The molecule has 63 heavy (non-hydrogen) atoms. The number of fused-ring (bicyclic) bond motifs is 13. The lowest BCUT2D eigenvalue weighted by molar-refractivity contribution is 0.661. The van der Waals surface area contributed by atoms with Gasteiger partial charge in [-0.1, -0.05) is 141 Å². The van der Waals surface area contributed by atoms with E-state index < -0.39 is 0 Å². The van der Waals surface area contributed by atoms with E-state index in [0.29, 0.717) is 0 Å². The Hall–Kier alpha value is -7.52. The largest absolute Gasteiger partial charge is 0.309 e. The van der Waals surface area contributed by atoms with Gasteiger partial charge in [-0.25, -0.2) is 0 Å². The molecular weight excluding hydrogens is 779 g/mol. The molecule has 1 aliphatic rings. The van der Waals surface area contributed by atoms with Gasteiger partial charge >= 0.3 is 0 Å². The predicted molar refractivity (Wildman–Crippen MR) is 272 cm³/mol. The lowest BCUT2D eigenvalue weighted by Crippen LogP contribution is -2.14. The normalized spacial score (nSPS) is 13.4. The average Bonchev–Trinajstić information content (AvgIpc) is 3.92. The summed E-state index contributed by atoms with van der Waals surface area (Å²) >= 11 is 1.90. The standard InChI is InChI=1S/C61H39NS/c1-61(2)53-23-13-12-18-43(53)48-35-56-50(34-54(48)61)49-30-38(24-26-55(49)62(56)42-16-4-3-5-17-42)59-44-19-8-10-21-46(44)60(47-22-11-9-20-45(47)59)39-25-27-57-51(31-39)52-32-40-28-36-14-6-7-15-37(36)29-41(40)33-58(52)63-57/h3-35H,1-2H3. The number of hydrogen-bond acceptors (Lipinski definition) is 1. The molecular formula is C61H39NS. The maximum atomic E-state index is 2.50. The predicted octanol–water partition coefficient (Wildman–Crippen LogP) is 17.4.